The molecule has 1 heteroatoms. The molecule has 1 nitrogen and oxygen atoms in total. The second kappa shape index (κ2) is 4.90. The molecule has 90 valence electrons. The van der Waals surface area contributed by atoms with Gasteiger partial charge in [0.15, 0.2) is 0 Å². The maximum Gasteiger partial charge on any atom is 0.121 e. The summed E-state index contributed by atoms with van der Waals surface area (Å²) in [5.74, 6) is 0.501. The number of aromatic hydroxyl groups is 1. The molecule has 0 aliphatic heterocycles. The molecule has 1 rings (SSSR count). The van der Waals surface area contributed by atoms with Crippen molar-refractivity contribution in [2.24, 2.45) is 0 Å². The fourth-order valence-corrected chi connectivity index (χ4v) is 2.14. The van der Waals surface area contributed by atoms with Gasteiger partial charge in [-0.15, -0.1) is 0 Å². The summed E-state index contributed by atoms with van der Waals surface area (Å²) < 4.78 is 0. The van der Waals surface area contributed by atoms with E-state index in [-0.39, 0.29) is 5.41 Å². The summed E-state index contributed by atoms with van der Waals surface area (Å²) >= 11 is 0. The van der Waals surface area contributed by atoms with E-state index < -0.39 is 0 Å². The Morgan fingerprint density at radius 3 is 2.31 bits per heavy atom. The Labute approximate surface area is 99.5 Å². The van der Waals surface area contributed by atoms with E-state index in [1.165, 1.54) is 12.0 Å². The van der Waals surface area contributed by atoms with Gasteiger partial charge in [-0.1, -0.05) is 46.2 Å². The minimum Gasteiger partial charge on any atom is -0.507 e. The molecule has 0 heterocycles. The van der Waals surface area contributed by atoms with E-state index >= 15 is 0 Å². The molecule has 0 saturated heterocycles. The predicted octanol–water partition coefficient (Wildman–Crippen LogP) is 4.34. The lowest BCUT2D eigenvalue weighted by Gasteiger charge is -2.23. The number of hydrogen-bond donors (Lipinski definition) is 1. The molecule has 0 bridgehead atoms. The number of phenols is 1. The van der Waals surface area contributed by atoms with Crippen LogP contribution in [0.15, 0.2) is 12.1 Å². The lowest BCUT2D eigenvalue weighted by atomic mass is 9.82. The van der Waals surface area contributed by atoms with Gasteiger partial charge in [0.1, 0.15) is 5.75 Å². The summed E-state index contributed by atoms with van der Waals surface area (Å²) in [6.45, 7) is 10.7. The number of unbranched alkanes of at least 4 members (excludes halogenated alkanes) is 1. The molecule has 1 N–H and O–H groups in total. The summed E-state index contributed by atoms with van der Waals surface area (Å²) in [5, 5.41) is 10.2. The summed E-state index contributed by atoms with van der Waals surface area (Å²) in [5.41, 5.74) is 3.48. The smallest absolute Gasteiger partial charge is 0.121 e. The molecule has 0 atom stereocenters. The molecular formula is C15H24O. The lowest BCUT2D eigenvalue weighted by molar-refractivity contribution is 0.457. The average Bonchev–Trinajstić information content (AvgIpc) is 2.18. The van der Waals surface area contributed by atoms with Gasteiger partial charge in [-0.25, -0.2) is 0 Å². The lowest BCUT2D eigenvalue weighted by Crippen LogP contribution is -2.13. The number of aryl methyl sites for hydroxylation is 1. The van der Waals surface area contributed by atoms with Gasteiger partial charge in [0, 0.05) is 0 Å². The summed E-state index contributed by atoms with van der Waals surface area (Å²) in [4.78, 5) is 0. The zero-order chi connectivity index (χ0) is 12.3. The third-order valence-corrected chi connectivity index (χ3v) is 3.12. The van der Waals surface area contributed by atoms with Gasteiger partial charge in [0.2, 0.25) is 0 Å². The Morgan fingerprint density at radius 2 is 1.81 bits per heavy atom. The highest BCUT2D eigenvalue weighted by molar-refractivity contribution is 5.47. The first kappa shape index (κ1) is 13.1. The first-order valence-corrected chi connectivity index (χ1v) is 6.19. The molecule has 0 aliphatic rings. The van der Waals surface area contributed by atoms with Crippen molar-refractivity contribution in [3.63, 3.8) is 0 Å². The third-order valence-electron chi connectivity index (χ3n) is 3.12. The van der Waals surface area contributed by atoms with Crippen LogP contribution in [0.1, 0.15) is 57.2 Å². The van der Waals surface area contributed by atoms with Crippen LogP contribution in [0, 0.1) is 6.92 Å². The molecule has 0 saturated carbocycles. The largest absolute Gasteiger partial charge is 0.507 e. The van der Waals surface area contributed by atoms with Gasteiger partial charge in [-0.2, -0.15) is 0 Å². The maximum absolute atomic E-state index is 10.2. The van der Waals surface area contributed by atoms with Gasteiger partial charge in [0.25, 0.3) is 0 Å². The monoisotopic (exact) mass is 220 g/mol. The zero-order valence-corrected chi connectivity index (χ0v) is 11.2. The molecular weight excluding hydrogens is 196 g/mol. The molecule has 0 spiro atoms. The standard InChI is InChI=1S/C15H24O/c1-6-7-8-12-9-10-13(15(3,4)5)11(2)14(12)16/h9-10,16H,6-8H2,1-5H3. The van der Waals surface area contributed by atoms with Crippen molar-refractivity contribution in [1.82, 2.24) is 0 Å². The Hall–Kier alpha value is -0.980. The van der Waals surface area contributed by atoms with E-state index in [1.807, 2.05) is 6.92 Å². The second-order valence-electron chi connectivity index (χ2n) is 5.60. The zero-order valence-electron chi connectivity index (χ0n) is 11.2. The van der Waals surface area contributed by atoms with Crippen molar-refractivity contribution >= 4 is 0 Å². The maximum atomic E-state index is 10.2. The Balaban J connectivity index is 3.08. The second-order valence-corrected chi connectivity index (χ2v) is 5.60. The van der Waals surface area contributed by atoms with Crippen LogP contribution in [0.2, 0.25) is 0 Å². The molecule has 0 aromatic heterocycles. The van der Waals surface area contributed by atoms with Crippen LogP contribution in [0.3, 0.4) is 0 Å². The van der Waals surface area contributed by atoms with E-state index in [0.717, 1.165) is 24.0 Å². The van der Waals surface area contributed by atoms with E-state index in [0.29, 0.717) is 5.75 Å². The number of phenolic OH excluding ortho intramolecular Hbond substituents is 1. The highest BCUT2D eigenvalue weighted by atomic mass is 16.3. The molecule has 0 unspecified atom stereocenters. The normalized spacial score (nSPS) is 11.8. The summed E-state index contributed by atoms with van der Waals surface area (Å²) in [6, 6.07) is 4.25. The molecule has 1 aromatic rings. The van der Waals surface area contributed by atoms with E-state index in [2.05, 4.69) is 39.8 Å². The van der Waals surface area contributed by atoms with Crippen LogP contribution in [0.4, 0.5) is 0 Å². The summed E-state index contributed by atoms with van der Waals surface area (Å²) in [7, 11) is 0. The van der Waals surface area contributed by atoms with Gasteiger partial charge in [-0.3, -0.25) is 0 Å². The van der Waals surface area contributed by atoms with E-state index in [9.17, 15) is 5.11 Å². The van der Waals surface area contributed by atoms with Crippen molar-refractivity contribution in [3.8, 4) is 5.75 Å². The van der Waals surface area contributed by atoms with Gasteiger partial charge >= 0.3 is 0 Å². The van der Waals surface area contributed by atoms with Crippen molar-refractivity contribution in [2.75, 3.05) is 0 Å². The van der Waals surface area contributed by atoms with Gasteiger partial charge in [0.05, 0.1) is 0 Å². The van der Waals surface area contributed by atoms with Crippen LogP contribution in [-0.2, 0) is 11.8 Å². The first-order valence-electron chi connectivity index (χ1n) is 6.19. The minimum atomic E-state index is 0.102. The predicted molar refractivity (Wildman–Crippen MR) is 70.2 cm³/mol. The SMILES string of the molecule is CCCCc1ccc(C(C)(C)C)c(C)c1O. The van der Waals surface area contributed by atoms with Gasteiger partial charge < -0.3 is 5.11 Å². The highest BCUT2D eigenvalue weighted by Gasteiger charge is 2.19. The van der Waals surface area contributed by atoms with Crippen molar-refractivity contribution in [2.45, 2.75) is 59.3 Å². The fourth-order valence-electron chi connectivity index (χ4n) is 2.14. The molecule has 1 aromatic carbocycles. The molecule has 0 aliphatic carbocycles. The fraction of sp³-hybridized carbons (Fsp3) is 0.600. The molecule has 0 radical (unpaired) electrons. The topological polar surface area (TPSA) is 20.2 Å². The van der Waals surface area contributed by atoms with Crippen LogP contribution in [-0.4, -0.2) is 5.11 Å². The Morgan fingerprint density at radius 1 is 1.19 bits per heavy atom. The van der Waals surface area contributed by atoms with Crippen LogP contribution >= 0.6 is 0 Å². The number of benzene rings is 1. The Bertz CT molecular complexity index is 358. The van der Waals surface area contributed by atoms with Crippen molar-refractivity contribution < 1.29 is 5.11 Å². The molecule has 0 amide bonds. The average molecular weight is 220 g/mol. The molecule has 16 heavy (non-hydrogen) atoms. The van der Waals surface area contributed by atoms with Gasteiger partial charge in [-0.05, 0) is 41.9 Å². The summed E-state index contributed by atoms with van der Waals surface area (Å²) in [6.07, 6.45) is 3.29. The van der Waals surface area contributed by atoms with Crippen molar-refractivity contribution in [1.29, 1.82) is 0 Å². The number of hydrogen-bond acceptors (Lipinski definition) is 1. The third kappa shape index (κ3) is 2.78. The number of rotatable bonds is 3. The van der Waals surface area contributed by atoms with Crippen LogP contribution in [0.5, 0.6) is 5.75 Å². The van der Waals surface area contributed by atoms with Crippen LogP contribution in [0.25, 0.3) is 0 Å². The highest BCUT2D eigenvalue weighted by Crippen LogP contribution is 2.33. The molecule has 0 fully saturated rings. The Kier molecular flexibility index (Phi) is 4.01. The van der Waals surface area contributed by atoms with E-state index in [4.69, 9.17) is 0 Å². The van der Waals surface area contributed by atoms with E-state index in [1.54, 1.807) is 0 Å². The first-order chi connectivity index (χ1) is 7.38. The van der Waals surface area contributed by atoms with Crippen molar-refractivity contribution in [3.05, 3.63) is 28.8 Å². The minimum absolute atomic E-state index is 0.102. The quantitative estimate of drug-likeness (QED) is 0.803. The van der Waals surface area contributed by atoms with Crippen LogP contribution < -0.4 is 0 Å².